The predicted molar refractivity (Wildman–Crippen MR) is 89.9 cm³/mol. The minimum atomic E-state index is -3.12. The zero-order valence-electron chi connectivity index (χ0n) is 13.8. The maximum atomic E-state index is 11.6. The fraction of sp³-hybridized carbons (Fsp3) is 0.500. The zero-order chi connectivity index (χ0) is 17.0. The molecule has 0 aliphatic carbocycles. The molecule has 1 aliphatic rings. The second-order valence-corrected chi connectivity index (χ2v) is 8.04. The van der Waals surface area contributed by atoms with Crippen molar-refractivity contribution in [3.05, 3.63) is 47.6 Å². The Morgan fingerprint density at radius 1 is 1.12 bits per heavy atom. The Balaban J connectivity index is 1.57. The zero-order valence-corrected chi connectivity index (χ0v) is 14.6. The van der Waals surface area contributed by atoms with E-state index in [-0.39, 0.29) is 0 Å². The van der Waals surface area contributed by atoms with Crippen molar-refractivity contribution in [3.8, 4) is 0 Å². The van der Waals surface area contributed by atoms with E-state index in [0.717, 1.165) is 18.5 Å². The molecule has 130 valence electrons. The largest absolute Gasteiger partial charge is 0.338 e. The van der Waals surface area contributed by atoms with Crippen LogP contribution in [0.3, 0.4) is 0 Å². The number of sulfonamides is 1. The molecule has 2 aromatic rings. The van der Waals surface area contributed by atoms with Crippen molar-refractivity contribution in [3.63, 3.8) is 0 Å². The third-order valence-corrected chi connectivity index (χ3v) is 5.39. The Morgan fingerprint density at radius 3 is 2.67 bits per heavy atom. The molecule has 0 spiro atoms. The molecule has 3 rings (SSSR count). The Morgan fingerprint density at radius 2 is 1.92 bits per heavy atom. The normalized spacial score (nSPS) is 17.7. The molecule has 0 radical (unpaired) electrons. The van der Waals surface area contributed by atoms with Gasteiger partial charge in [0.25, 0.3) is 0 Å². The first kappa shape index (κ1) is 17.1. The van der Waals surface area contributed by atoms with E-state index < -0.39 is 10.0 Å². The van der Waals surface area contributed by atoms with Crippen LogP contribution in [0, 0.1) is 0 Å². The molecule has 24 heavy (non-hydrogen) atoms. The molecule has 1 fully saturated rings. The van der Waals surface area contributed by atoms with Gasteiger partial charge >= 0.3 is 0 Å². The Labute approximate surface area is 142 Å². The monoisotopic (exact) mass is 350 g/mol. The highest BCUT2D eigenvalue weighted by Gasteiger charge is 2.22. The summed E-state index contributed by atoms with van der Waals surface area (Å²) in [6.45, 7) is 3.12. The summed E-state index contributed by atoms with van der Waals surface area (Å²) in [4.78, 5) is 6.60. The summed E-state index contributed by atoms with van der Waals surface area (Å²) in [6, 6.07) is 10.0. The van der Waals surface area contributed by atoms with Crippen molar-refractivity contribution < 1.29 is 12.9 Å². The predicted octanol–water partition coefficient (Wildman–Crippen LogP) is 1.13. The van der Waals surface area contributed by atoms with E-state index in [1.807, 2.05) is 30.3 Å². The van der Waals surface area contributed by atoms with Crippen LogP contribution in [-0.2, 0) is 23.0 Å². The van der Waals surface area contributed by atoms with E-state index in [2.05, 4.69) is 15.0 Å². The van der Waals surface area contributed by atoms with Gasteiger partial charge in [0, 0.05) is 26.1 Å². The molecule has 7 nitrogen and oxygen atoms in total. The van der Waals surface area contributed by atoms with Gasteiger partial charge in [-0.1, -0.05) is 35.5 Å². The lowest BCUT2D eigenvalue weighted by Crippen LogP contribution is -2.34. The molecular weight excluding hydrogens is 328 g/mol. The molecule has 0 saturated carbocycles. The molecule has 1 aliphatic heterocycles. The molecule has 2 heterocycles. The summed E-state index contributed by atoms with van der Waals surface area (Å²) >= 11 is 0. The van der Waals surface area contributed by atoms with Crippen LogP contribution in [0.15, 0.2) is 34.9 Å². The average Bonchev–Trinajstić information content (AvgIpc) is 2.82. The standard InChI is InChI=1S/C16H22N4O3S/c1-24(21,22)20-9-5-8-19(10-11-20)13-16-17-15(18-23-16)12-14-6-3-2-4-7-14/h2-4,6-7H,5,8-13H2,1H3. The molecule has 0 bridgehead atoms. The molecule has 8 heteroatoms. The van der Waals surface area contributed by atoms with Gasteiger partial charge in [-0.3, -0.25) is 4.90 Å². The highest BCUT2D eigenvalue weighted by Crippen LogP contribution is 2.11. The number of benzene rings is 1. The summed E-state index contributed by atoms with van der Waals surface area (Å²) in [5.41, 5.74) is 1.14. The van der Waals surface area contributed by atoms with E-state index in [0.29, 0.717) is 44.3 Å². The second kappa shape index (κ2) is 7.42. The summed E-state index contributed by atoms with van der Waals surface area (Å²) < 4.78 is 30.2. The van der Waals surface area contributed by atoms with Crippen molar-refractivity contribution >= 4 is 10.0 Å². The highest BCUT2D eigenvalue weighted by atomic mass is 32.2. The van der Waals surface area contributed by atoms with Gasteiger partial charge in [-0.05, 0) is 18.5 Å². The topological polar surface area (TPSA) is 79.5 Å². The van der Waals surface area contributed by atoms with Crippen molar-refractivity contribution in [2.24, 2.45) is 0 Å². The Hall–Kier alpha value is -1.77. The summed E-state index contributed by atoms with van der Waals surface area (Å²) in [5, 5.41) is 4.04. The summed E-state index contributed by atoms with van der Waals surface area (Å²) in [5.74, 6) is 1.25. The van der Waals surface area contributed by atoms with Gasteiger partial charge in [0.1, 0.15) is 0 Å². The van der Waals surface area contributed by atoms with E-state index in [4.69, 9.17) is 4.52 Å². The molecule has 0 N–H and O–H groups in total. The number of hydrogen-bond acceptors (Lipinski definition) is 6. The van der Waals surface area contributed by atoms with Crippen molar-refractivity contribution in [2.75, 3.05) is 32.4 Å². The maximum absolute atomic E-state index is 11.6. The van der Waals surface area contributed by atoms with Crippen LogP contribution in [0.25, 0.3) is 0 Å². The second-order valence-electron chi connectivity index (χ2n) is 6.06. The van der Waals surface area contributed by atoms with E-state index >= 15 is 0 Å². The summed E-state index contributed by atoms with van der Waals surface area (Å²) in [6.07, 6.45) is 2.71. The number of aromatic nitrogens is 2. The van der Waals surface area contributed by atoms with Gasteiger partial charge in [-0.25, -0.2) is 12.7 Å². The fourth-order valence-corrected chi connectivity index (χ4v) is 3.71. The van der Waals surface area contributed by atoms with E-state index in [9.17, 15) is 8.42 Å². The molecule has 1 saturated heterocycles. The molecule has 0 unspecified atom stereocenters. The van der Waals surface area contributed by atoms with E-state index in [1.165, 1.54) is 10.6 Å². The number of hydrogen-bond donors (Lipinski definition) is 0. The minimum absolute atomic E-state index is 0.504. The molecule has 1 aromatic heterocycles. The lowest BCUT2D eigenvalue weighted by molar-refractivity contribution is 0.235. The van der Waals surface area contributed by atoms with Crippen LogP contribution in [0.2, 0.25) is 0 Å². The lowest BCUT2D eigenvalue weighted by Gasteiger charge is -2.18. The van der Waals surface area contributed by atoms with Crippen molar-refractivity contribution in [2.45, 2.75) is 19.4 Å². The quantitative estimate of drug-likeness (QED) is 0.804. The maximum Gasteiger partial charge on any atom is 0.240 e. The number of rotatable bonds is 5. The first-order valence-electron chi connectivity index (χ1n) is 8.03. The Kier molecular flexibility index (Phi) is 5.27. The smallest absolute Gasteiger partial charge is 0.240 e. The van der Waals surface area contributed by atoms with Crippen LogP contribution >= 0.6 is 0 Å². The van der Waals surface area contributed by atoms with Crippen LogP contribution in [0.4, 0.5) is 0 Å². The molecule has 0 amide bonds. The van der Waals surface area contributed by atoms with Crippen LogP contribution < -0.4 is 0 Å². The first-order valence-corrected chi connectivity index (χ1v) is 9.88. The van der Waals surface area contributed by atoms with Gasteiger partial charge in [-0.15, -0.1) is 0 Å². The Bertz CT molecular complexity index is 761. The minimum Gasteiger partial charge on any atom is -0.338 e. The van der Waals surface area contributed by atoms with Crippen molar-refractivity contribution in [1.82, 2.24) is 19.3 Å². The van der Waals surface area contributed by atoms with Gasteiger partial charge in [0.05, 0.1) is 12.8 Å². The third-order valence-electron chi connectivity index (χ3n) is 4.09. The summed E-state index contributed by atoms with van der Waals surface area (Å²) in [7, 11) is -3.12. The van der Waals surface area contributed by atoms with Crippen LogP contribution in [0.5, 0.6) is 0 Å². The van der Waals surface area contributed by atoms with Crippen molar-refractivity contribution in [1.29, 1.82) is 0 Å². The SMILES string of the molecule is CS(=O)(=O)N1CCCN(Cc2nc(Cc3ccccc3)no2)CC1. The van der Waals surface area contributed by atoms with Gasteiger partial charge in [-0.2, -0.15) is 4.98 Å². The third kappa shape index (κ3) is 4.62. The van der Waals surface area contributed by atoms with Gasteiger partial charge in [0.15, 0.2) is 5.82 Å². The van der Waals surface area contributed by atoms with Crippen LogP contribution in [0.1, 0.15) is 23.7 Å². The average molecular weight is 350 g/mol. The van der Waals surface area contributed by atoms with Crippen LogP contribution in [-0.4, -0.2) is 60.2 Å². The van der Waals surface area contributed by atoms with Gasteiger partial charge in [0.2, 0.25) is 15.9 Å². The van der Waals surface area contributed by atoms with Gasteiger partial charge < -0.3 is 4.52 Å². The molecular formula is C16H22N4O3S. The molecule has 1 aromatic carbocycles. The van der Waals surface area contributed by atoms with E-state index in [1.54, 1.807) is 0 Å². The number of nitrogens with zero attached hydrogens (tertiary/aromatic N) is 4. The first-order chi connectivity index (χ1) is 11.5. The highest BCUT2D eigenvalue weighted by molar-refractivity contribution is 7.88. The fourth-order valence-electron chi connectivity index (χ4n) is 2.83. The molecule has 0 atom stereocenters. The lowest BCUT2D eigenvalue weighted by atomic mass is 10.1.